The number of benzene rings is 2. The lowest BCUT2D eigenvalue weighted by molar-refractivity contribution is -0.159. The molecule has 2 heterocycles. The molecule has 0 saturated carbocycles. The van der Waals surface area contributed by atoms with E-state index in [9.17, 15) is 9.90 Å². The van der Waals surface area contributed by atoms with Crippen molar-refractivity contribution in [3.63, 3.8) is 0 Å². The number of aromatic nitrogens is 2. The topological polar surface area (TPSA) is 81.2 Å². The number of aliphatic hydroxyl groups excluding tert-OH is 1. The van der Waals surface area contributed by atoms with E-state index >= 15 is 8.78 Å². The van der Waals surface area contributed by atoms with E-state index in [1.807, 2.05) is 6.07 Å². The minimum atomic E-state index is -3.38. The molecule has 4 rings (SSSR count). The second-order valence-electron chi connectivity index (χ2n) is 7.46. The second-order valence-corrected chi connectivity index (χ2v) is 7.90. The Balaban J connectivity index is 1.44. The number of rotatable bonds is 4. The minimum absolute atomic E-state index is 0.0178. The van der Waals surface area contributed by atoms with Crippen molar-refractivity contribution in [1.82, 2.24) is 15.1 Å². The van der Waals surface area contributed by atoms with Crippen molar-refractivity contribution >= 4 is 34.2 Å². The fraction of sp³-hybridized carbons (Fsp3) is 0.333. The van der Waals surface area contributed by atoms with Gasteiger partial charge in [0, 0.05) is 40.7 Å². The number of urea groups is 1. The highest BCUT2D eigenvalue weighted by Crippen LogP contribution is 2.44. The van der Waals surface area contributed by atoms with Gasteiger partial charge in [0.05, 0.1) is 11.7 Å². The minimum Gasteiger partial charge on any atom is -0.382 e. The Labute approximate surface area is 176 Å². The lowest BCUT2D eigenvalue weighted by Crippen LogP contribution is -2.46. The van der Waals surface area contributed by atoms with Gasteiger partial charge in [0.25, 0.3) is 5.92 Å². The number of aliphatic hydroxyl groups is 1. The summed E-state index contributed by atoms with van der Waals surface area (Å²) in [6.07, 6.45) is -0.397. The largest absolute Gasteiger partial charge is 0.382 e. The zero-order chi connectivity index (χ0) is 21.3. The molecule has 1 fully saturated rings. The number of hydrogen-bond donors (Lipinski definition) is 3. The maximum atomic E-state index is 15.2. The Morgan fingerprint density at radius 1 is 1.27 bits per heavy atom. The van der Waals surface area contributed by atoms with Crippen LogP contribution in [0, 0.1) is 5.92 Å². The van der Waals surface area contributed by atoms with Crippen molar-refractivity contribution in [3.8, 4) is 0 Å². The average Bonchev–Trinajstić information content (AvgIpc) is 3.21. The highest BCUT2D eigenvalue weighted by Gasteiger charge is 2.48. The first-order valence-electron chi connectivity index (χ1n) is 9.65. The van der Waals surface area contributed by atoms with Gasteiger partial charge in [-0.1, -0.05) is 29.8 Å². The maximum absolute atomic E-state index is 15.2. The molecule has 0 bridgehead atoms. The normalized spacial score (nSPS) is 16.6. The molecule has 2 aromatic carbocycles. The Morgan fingerprint density at radius 3 is 2.67 bits per heavy atom. The Morgan fingerprint density at radius 2 is 1.97 bits per heavy atom. The van der Waals surface area contributed by atoms with E-state index in [0.717, 1.165) is 0 Å². The highest BCUT2D eigenvalue weighted by molar-refractivity contribution is 6.31. The molecule has 1 atom stereocenters. The number of amides is 2. The molecule has 3 N–H and O–H groups in total. The van der Waals surface area contributed by atoms with Gasteiger partial charge in [-0.05, 0) is 37.1 Å². The molecule has 158 valence electrons. The molecule has 1 saturated heterocycles. The van der Waals surface area contributed by atoms with Crippen LogP contribution in [0.15, 0.2) is 48.7 Å². The van der Waals surface area contributed by atoms with E-state index in [4.69, 9.17) is 11.6 Å². The van der Waals surface area contributed by atoms with Crippen LogP contribution in [-0.2, 0) is 0 Å². The number of carbonyl (C=O) groups excluding carboxylic acids is 1. The Hall–Kier alpha value is -2.71. The molecule has 0 spiro atoms. The number of para-hydroxylation sites is 1. The van der Waals surface area contributed by atoms with Crippen LogP contribution in [0.3, 0.4) is 0 Å². The predicted molar refractivity (Wildman–Crippen MR) is 111 cm³/mol. The first-order chi connectivity index (χ1) is 14.4. The summed E-state index contributed by atoms with van der Waals surface area (Å²) in [4.78, 5) is 13.9. The van der Waals surface area contributed by atoms with Gasteiger partial charge in [0.2, 0.25) is 0 Å². The maximum Gasteiger partial charge on any atom is 0.321 e. The summed E-state index contributed by atoms with van der Waals surface area (Å²) in [5, 5.41) is 20.6. The Bertz CT molecular complexity index is 1040. The summed E-state index contributed by atoms with van der Waals surface area (Å²) < 4.78 is 30.4. The summed E-state index contributed by atoms with van der Waals surface area (Å²) in [7, 11) is 0. The van der Waals surface area contributed by atoms with Crippen molar-refractivity contribution < 1.29 is 18.7 Å². The van der Waals surface area contributed by atoms with Crippen molar-refractivity contribution in [1.29, 1.82) is 0 Å². The second kappa shape index (κ2) is 8.20. The number of halogens is 3. The lowest BCUT2D eigenvalue weighted by Gasteiger charge is -2.37. The fourth-order valence-electron chi connectivity index (χ4n) is 3.88. The quantitative estimate of drug-likeness (QED) is 0.550. The average molecular weight is 435 g/mol. The van der Waals surface area contributed by atoms with E-state index in [1.165, 1.54) is 17.2 Å². The van der Waals surface area contributed by atoms with Crippen LogP contribution in [0.5, 0.6) is 0 Å². The molecule has 6 nitrogen and oxygen atoms in total. The number of H-pyrrole nitrogens is 1. The first kappa shape index (κ1) is 20.6. The molecule has 9 heteroatoms. The van der Waals surface area contributed by atoms with Gasteiger partial charge in [-0.15, -0.1) is 0 Å². The molecule has 1 aliphatic heterocycles. The standard InChI is InChI=1S/C21H21ClF2N4O2/c22-15-10-13-12-25-27-18(13)17(11-15)19(29)21(23,24)14-6-8-28(9-7-14)20(30)26-16-4-2-1-3-5-16/h1-5,10-12,14,19,29H,6-9H2,(H,25,27)(H,26,30). The summed E-state index contributed by atoms with van der Waals surface area (Å²) >= 11 is 6.03. The fourth-order valence-corrected chi connectivity index (χ4v) is 4.12. The molecule has 0 aliphatic carbocycles. The van der Waals surface area contributed by atoms with E-state index in [1.54, 1.807) is 30.3 Å². The monoisotopic (exact) mass is 434 g/mol. The summed E-state index contributed by atoms with van der Waals surface area (Å²) in [6.45, 7) is 0.362. The smallest absolute Gasteiger partial charge is 0.321 e. The highest BCUT2D eigenvalue weighted by atomic mass is 35.5. The molecule has 2 amide bonds. The molecular formula is C21H21ClF2N4O2. The van der Waals surface area contributed by atoms with Gasteiger partial charge >= 0.3 is 6.03 Å². The van der Waals surface area contributed by atoms with Crippen molar-refractivity contribution in [2.45, 2.75) is 24.9 Å². The summed E-state index contributed by atoms with van der Waals surface area (Å²) in [5.74, 6) is -4.45. The molecule has 1 unspecified atom stereocenters. The number of likely N-dealkylation sites (tertiary alicyclic amines) is 1. The number of anilines is 1. The van der Waals surface area contributed by atoms with E-state index in [-0.39, 0.29) is 42.5 Å². The van der Waals surface area contributed by atoms with Crippen molar-refractivity contribution in [3.05, 3.63) is 59.2 Å². The van der Waals surface area contributed by atoms with Crippen LogP contribution in [0.4, 0.5) is 19.3 Å². The first-order valence-corrected chi connectivity index (χ1v) is 10.0. The number of nitrogens with one attached hydrogen (secondary N) is 2. The van der Waals surface area contributed by atoms with Crippen LogP contribution in [0.25, 0.3) is 10.9 Å². The number of nitrogens with zero attached hydrogens (tertiary/aromatic N) is 2. The SMILES string of the molecule is O=C(Nc1ccccc1)N1CCC(C(F)(F)C(O)c2cc(Cl)cc3cn[nH]c23)CC1. The van der Waals surface area contributed by atoms with Gasteiger partial charge in [0.1, 0.15) is 6.10 Å². The number of aromatic amines is 1. The van der Waals surface area contributed by atoms with E-state index in [2.05, 4.69) is 15.5 Å². The van der Waals surface area contributed by atoms with Gasteiger partial charge < -0.3 is 15.3 Å². The summed E-state index contributed by atoms with van der Waals surface area (Å²) in [6, 6.07) is 11.6. The zero-order valence-electron chi connectivity index (χ0n) is 16.0. The number of piperidine rings is 1. The van der Waals surface area contributed by atoms with E-state index in [0.29, 0.717) is 16.6 Å². The lowest BCUT2D eigenvalue weighted by atomic mass is 9.85. The molecule has 1 aromatic heterocycles. The predicted octanol–water partition coefficient (Wildman–Crippen LogP) is 4.83. The van der Waals surface area contributed by atoms with Gasteiger partial charge in [-0.25, -0.2) is 13.6 Å². The van der Waals surface area contributed by atoms with Gasteiger partial charge in [-0.3, -0.25) is 5.10 Å². The zero-order valence-corrected chi connectivity index (χ0v) is 16.7. The third-order valence-electron chi connectivity index (χ3n) is 5.55. The molecule has 3 aromatic rings. The number of carbonyl (C=O) groups is 1. The third-order valence-corrected chi connectivity index (χ3v) is 5.77. The molecule has 0 radical (unpaired) electrons. The van der Waals surface area contributed by atoms with Crippen LogP contribution in [-0.4, -0.2) is 45.2 Å². The third kappa shape index (κ3) is 3.97. The molecular weight excluding hydrogens is 414 g/mol. The Kier molecular flexibility index (Phi) is 5.62. The molecule has 1 aliphatic rings. The summed E-state index contributed by atoms with van der Waals surface area (Å²) in [5.41, 5.74) is 1.01. The van der Waals surface area contributed by atoms with Crippen LogP contribution >= 0.6 is 11.6 Å². The van der Waals surface area contributed by atoms with Crippen LogP contribution in [0.1, 0.15) is 24.5 Å². The van der Waals surface area contributed by atoms with Crippen LogP contribution in [0.2, 0.25) is 5.02 Å². The number of alkyl halides is 2. The number of fused-ring (bicyclic) bond motifs is 1. The number of hydrogen-bond acceptors (Lipinski definition) is 3. The van der Waals surface area contributed by atoms with Crippen molar-refractivity contribution in [2.24, 2.45) is 5.92 Å². The van der Waals surface area contributed by atoms with E-state index < -0.39 is 17.9 Å². The van der Waals surface area contributed by atoms with Gasteiger partial charge in [-0.2, -0.15) is 5.10 Å². The molecule has 30 heavy (non-hydrogen) atoms. The van der Waals surface area contributed by atoms with Crippen molar-refractivity contribution in [2.75, 3.05) is 18.4 Å². The van der Waals surface area contributed by atoms with Crippen LogP contribution < -0.4 is 5.32 Å². The van der Waals surface area contributed by atoms with Gasteiger partial charge in [0.15, 0.2) is 0 Å².